The van der Waals surface area contributed by atoms with Crippen molar-refractivity contribution in [2.45, 2.75) is 76.2 Å². The summed E-state index contributed by atoms with van der Waals surface area (Å²) >= 11 is 0. The summed E-state index contributed by atoms with van der Waals surface area (Å²) in [4.78, 5) is 25.0. The first-order valence-corrected chi connectivity index (χ1v) is 13.8. The van der Waals surface area contributed by atoms with Gasteiger partial charge in [-0.05, 0) is 69.9 Å². The Hall–Kier alpha value is -2.39. The molecular formula is C25H35N3O5S. The van der Waals surface area contributed by atoms with Gasteiger partial charge in [-0.2, -0.15) is 4.31 Å². The zero-order valence-corrected chi connectivity index (χ0v) is 20.9. The summed E-state index contributed by atoms with van der Waals surface area (Å²) in [5.41, 5.74) is 2.42. The van der Waals surface area contributed by atoms with E-state index in [1.807, 2.05) is 6.92 Å². The Morgan fingerprint density at radius 3 is 2.82 bits per heavy atom. The molecule has 1 fully saturated rings. The standard InChI is InChI=1S/C25H35N3O5S/c1-3-21-25(30)27-20-14-17(2)23(15-22(20)33-21)34(31,32)28-13-7-10-19(16-28)24(29)26-12-11-18-8-5-4-6-9-18/h8,14-15,19,21H,3-7,9-13,16H2,1-2H3,(H,26,29)(H,27,30)/t19-,21-/m1/s1. The number of hydrogen-bond acceptors (Lipinski definition) is 5. The van der Waals surface area contributed by atoms with Crippen LogP contribution in [0.5, 0.6) is 5.75 Å². The molecule has 2 amide bonds. The predicted octanol–water partition coefficient (Wildman–Crippen LogP) is 3.51. The molecule has 4 rings (SSSR count). The molecule has 0 unspecified atom stereocenters. The number of carbonyl (C=O) groups excluding carboxylic acids is 2. The van der Waals surface area contributed by atoms with Gasteiger partial charge in [-0.15, -0.1) is 0 Å². The molecule has 1 aliphatic carbocycles. The molecule has 3 aliphatic rings. The minimum atomic E-state index is -3.82. The smallest absolute Gasteiger partial charge is 0.265 e. The second kappa shape index (κ2) is 10.5. The Morgan fingerprint density at radius 1 is 1.26 bits per heavy atom. The molecule has 2 atom stereocenters. The van der Waals surface area contributed by atoms with Crippen LogP contribution < -0.4 is 15.4 Å². The second-order valence-corrected chi connectivity index (χ2v) is 11.4. The Morgan fingerprint density at radius 2 is 2.09 bits per heavy atom. The summed E-state index contributed by atoms with van der Waals surface area (Å²) in [7, 11) is -3.82. The minimum absolute atomic E-state index is 0.0738. The van der Waals surface area contributed by atoms with Crippen molar-refractivity contribution >= 4 is 27.5 Å². The minimum Gasteiger partial charge on any atom is -0.478 e. The highest BCUT2D eigenvalue weighted by Gasteiger charge is 2.35. The lowest BCUT2D eigenvalue weighted by atomic mass is 9.96. The molecule has 2 N–H and O–H groups in total. The van der Waals surface area contributed by atoms with Gasteiger partial charge in [-0.1, -0.05) is 18.6 Å². The van der Waals surface area contributed by atoms with Gasteiger partial charge < -0.3 is 15.4 Å². The van der Waals surface area contributed by atoms with Crippen molar-refractivity contribution in [2.24, 2.45) is 5.92 Å². The second-order valence-electron chi connectivity index (χ2n) is 9.47. The highest BCUT2D eigenvalue weighted by atomic mass is 32.2. The van der Waals surface area contributed by atoms with Gasteiger partial charge in [-0.25, -0.2) is 8.42 Å². The lowest BCUT2D eigenvalue weighted by Gasteiger charge is -2.32. The van der Waals surface area contributed by atoms with Crippen molar-refractivity contribution in [2.75, 3.05) is 25.0 Å². The molecule has 186 valence electrons. The number of hydrogen-bond donors (Lipinski definition) is 2. The summed E-state index contributed by atoms with van der Waals surface area (Å²) in [6.45, 7) is 4.69. The summed E-state index contributed by atoms with van der Waals surface area (Å²) in [5.74, 6) is -0.300. The number of sulfonamides is 1. The first kappa shape index (κ1) is 24.7. The van der Waals surface area contributed by atoms with Gasteiger partial charge in [-0.3, -0.25) is 9.59 Å². The van der Waals surface area contributed by atoms with Gasteiger partial charge in [0.2, 0.25) is 15.9 Å². The van der Waals surface area contributed by atoms with E-state index in [4.69, 9.17) is 4.74 Å². The number of allylic oxidation sites excluding steroid dienone is 1. The number of nitrogens with zero attached hydrogens (tertiary/aromatic N) is 1. The predicted molar refractivity (Wildman–Crippen MR) is 130 cm³/mol. The van der Waals surface area contributed by atoms with E-state index >= 15 is 0 Å². The first-order valence-electron chi connectivity index (χ1n) is 12.4. The molecule has 0 bridgehead atoms. The maximum absolute atomic E-state index is 13.5. The lowest BCUT2D eigenvalue weighted by molar-refractivity contribution is -0.126. The molecule has 8 nitrogen and oxygen atoms in total. The van der Waals surface area contributed by atoms with Crippen molar-refractivity contribution in [1.82, 2.24) is 9.62 Å². The average molecular weight is 490 g/mol. The van der Waals surface area contributed by atoms with Crippen LogP contribution in [0.1, 0.15) is 63.9 Å². The van der Waals surface area contributed by atoms with Gasteiger partial charge in [0.15, 0.2) is 6.10 Å². The number of rotatable bonds is 7. The Bertz CT molecular complexity index is 1080. The van der Waals surface area contributed by atoms with Crippen molar-refractivity contribution in [3.63, 3.8) is 0 Å². The number of carbonyl (C=O) groups is 2. The molecule has 0 spiro atoms. The van der Waals surface area contributed by atoms with Crippen LogP contribution in [0.3, 0.4) is 0 Å². The van der Waals surface area contributed by atoms with E-state index in [1.54, 1.807) is 13.0 Å². The van der Waals surface area contributed by atoms with Crippen molar-refractivity contribution in [3.05, 3.63) is 29.3 Å². The van der Waals surface area contributed by atoms with E-state index in [1.165, 1.54) is 28.8 Å². The fourth-order valence-corrected chi connectivity index (χ4v) is 6.71. The first-order chi connectivity index (χ1) is 16.3. The lowest BCUT2D eigenvalue weighted by Crippen LogP contribution is -2.45. The third-order valence-corrected chi connectivity index (χ3v) is 8.98. The Balaban J connectivity index is 1.43. The number of benzene rings is 1. The zero-order valence-electron chi connectivity index (χ0n) is 20.1. The van der Waals surface area contributed by atoms with Crippen LogP contribution in [0.2, 0.25) is 0 Å². The molecule has 9 heteroatoms. The molecule has 1 aromatic rings. The number of nitrogens with one attached hydrogen (secondary N) is 2. The average Bonchev–Trinajstić information content (AvgIpc) is 2.84. The molecule has 0 saturated carbocycles. The largest absolute Gasteiger partial charge is 0.478 e. The fourth-order valence-electron chi connectivity index (χ4n) is 4.97. The molecule has 2 heterocycles. The van der Waals surface area contributed by atoms with Crippen LogP contribution in [0, 0.1) is 12.8 Å². The van der Waals surface area contributed by atoms with E-state index in [0.717, 1.165) is 19.3 Å². The molecular weight excluding hydrogens is 454 g/mol. The number of piperidine rings is 1. The highest BCUT2D eigenvalue weighted by molar-refractivity contribution is 7.89. The highest BCUT2D eigenvalue weighted by Crippen LogP contribution is 2.36. The number of ether oxygens (including phenoxy) is 1. The van der Waals surface area contributed by atoms with E-state index < -0.39 is 16.1 Å². The number of aryl methyl sites for hydroxylation is 1. The van der Waals surface area contributed by atoms with E-state index in [-0.39, 0.29) is 29.2 Å². The summed E-state index contributed by atoms with van der Waals surface area (Å²) in [5, 5.41) is 5.81. The quantitative estimate of drug-likeness (QED) is 0.571. The molecule has 34 heavy (non-hydrogen) atoms. The van der Waals surface area contributed by atoms with Crippen LogP contribution in [-0.4, -0.2) is 50.3 Å². The third kappa shape index (κ3) is 5.30. The topological polar surface area (TPSA) is 105 Å². The molecule has 1 aromatic carbocycles. The van der Waals surface area contributed by atoms with Gasteiger partial charge in [0, 0.05) is 25.7 Å². The Labute approximate surface area is 202 Å². The summed E-state index contributed by atoms with van der Waals surface area (Å²) < 4.78 is 34.3. The van der Waals surface area contributed by atoms with Gasteiger partial charge in [0.05, 0.1) is 16.5 Å². The van der Waals surface area contributed by atoms with Crippen molar-refractivity contribution < 1.29 is 22.7 Å². The van der Waals surface area contributed by atoms with Crippen LogP contribution in [-0.2, 0) is 19.6 Å². The van der Waals surface area contributed by atoms with E-state index in [0.29, 0.717) is 49.4 Å². The summed E-state index contributed by atoms with van der Waals surface area (Å²) in [6, 6.07) is 3.14. The maximum atomic E-state index is 13.5. The molecule has 2 aliphatic heterocycles. The van der Waals surface area contributed by atoms with Crippen LogP contribution in [0.4, 0.5) is 5.69 Å². The Kier molecular flexibility index (Phi) is 7.62. The monoisotopic (exact) mass is 489 g/mol. The number of anilines is 1. The molecule has 0 aromatic heterocycles. The summed E-state index contributed by atoms with van der Waals surface area (Å²) in [6.07, 6.45) is 9.00. The van der Waals surface area contributed by atoms with Crippen molar-refractivity contribution in [1.29, 1.82) is 0 Å². The number of amides is 2. The SMILES string of the molecule is CC[C@H]1Oc2cc(S(=O)(=O)N3CCC[C@@H](C(=O)NCCC4=CCCCC4)C3)c(C)cc2NC1=O. The van der Waals surface area contributed by atoms with Crippen LogP contribution >= 0.6 is 0 Å². The van der Waals surface area contributed by atoms with E-state index in [2.05, 4.69) is 16.7 Å². The van der Waals surface area contributed by atoms with Crippen LogP contribution in [0.25, 0.3) is 0 Å². The molecule has 1 saturated heterocycles. The normalized spacial score (nSPS) is 23.4. The maximum Gasteiger partial charge on any atom is 0.265 e. The van der Waals surface area contributed by atoms with Gasteiger partial charge in [0.25, 0.3) is 5.91 Å². The van der Waals surface area contributed by atoms with Crippen molar-refractivity contribution in [3.8, 4) is 5.75 Å². The fraction of sp³-hybridized carbons (Fsp3) is 0.600. The van der Waals surface area contributed by atoms with Crippen LogP contribution in [0.15, 0.2) is 28.7 Å². The molecule has 0 radical (unpaired) electrons. The van der Waals surface area contributed by atoms with Gasteiger partial charge in [0.1, 0.15) is 5.75 Å². The van der Waals surface area contributed by atoms with E-state index in [9.17, 15) is 18.0 Å². The third-order valence-electron chi connectivity index (χ3n) is 6.97. The zero-order chi connectivity index (χ0) is 24.3. The number of fused-ring (bicyclic) bond motifs is 1. The van der Waals surface area contributed by atoms with Gasteiger partial charge >= 0.3 is 0 Å².